The Labute approximate surface area is 564 Å². The number of likely N-dealkylation sites (N-methyl/N-ethyl adjacent to an activating group) is 2. The third-order valence-corrected chi connectivity index (χ3v) is 18.8. The van der Waals surface area contributed by atoms with Gasteiger partial charge in [0, 0.05) is 120 Å². The summed E-state index contributed by atoms with van der Waals surface area (Å²) in [4.78, 5) is 129. The molecule has 22 heteroatoms. The topological polar surface area (TPSA) is 278 Å². The number of urea groups is 1. The first kappa shape index (κ1) is 79.4. The number of methoxy groups -OCH3 is 2. The Hall–Kier alpha value is -7.06. The maximum absolute atomic E-state index is 14.7. The van der Waals surface area contributed by atoms with Crippen molar-refractivity contribution in [3.05, 3.63) is 90.2 Å². The minimum Gasteiger partial charge on any atom is -0.379 e. The number of aromatic nitrogens is 3. The predicted octanol–water partition coefficient (Wildman–Crippen LogP) is 9.08. The van der Waals surface area contributed by atoms with Crippen molar-refractivity contribution < 1.29 is 47.8 Å². The fourth-order valence-electron chi connectivity index (χ4n) is 12.9. The van der Waals surface area contributed by atoms with Crippen LogP contribution in [0, 0.1) is 59.2 Å². The Morgan fingerprint density at radius 2 is 1.52 bits per heavy atom. The molecule has 0 saturated carbocycles. The molecule has 3 heterocycles. The summed E-state index contributed by atoms with van der Waals surface area (Å²) in [5, 5.41) is 12.2. The van der Waals surface area contributed by atoms with Crippen molar-refractivity contribution in [1.82, 2.24) is 45.6 Å². The first-order valence-electron chi connectivity index (χ1n) is 33.4. The first-order chi connectivity index (χ1) is 44.6. The molecule has 0 unspecified atom stereocenters. The molecule has 94 heavy (non-hydrogen) atoms. The van der Waals surface area contributed by atoms with Crippen molar-refractivity contribution in [3.63, 3.8) is 0 Å². The number of ether oxygens (including phenoxy) is 2. The summed E-state index contributed by atoms with van der Waals surface area (Å²) >= 11 is 1.49. The average molecular weight is 1320 g/mol. The summed E-state index contributed by atoms with van der Waals surface area (Å²) < 4.78 is 12.3. The molecule has 0 radical (unpaired) electrons. The Kier molecular flexibility index (Phi) is 34.1. The predicted molar refractivity (Wildman–Crippen MR) is 370 cm³/mol. The molecule has 1 aliphatic heterocycles. The van der Waals surface area contributed by atoms with Crippen LogP contribution in [0.4, 0.5) is 10.5 Å². The molecule has 1 saturated heterocycles. The largest absolute Gasteiger partial charge is 0.379 e. The lowest BCUT2D eigenvalue weighted by atomic mass is 9.82. The minimum absolute atomic E-state index is 0.00151. The van der Waals surface area contributed by atoms with Gasteiger partial charge in [-0.3, -0.25) is 38.5 Å². The third kappa shape index (κ3) is 24.9. The van der Waals surface area contributed by atoms with E-state index in [1.807, 2.05) is 63.2 Å². The molecule has 0 aliphatic carbocycles. The van der Waals surface area contributed by atoms with E-state index >= 15 is 0 Å². The van der Waals surface area contributed by atoms with Gasteiger partial charge in [-0.05, 0) is 118 Å². The maximum Gasteiger partial charge on any atom is 0.312 e. The lowest BCUT2D eigenvalue weighted by Gasteiger charge is -2.41. The number of nitrogens with one attached hydrogen (secondary N) is 4. The zero-order chi connectivity index (χ0) is 69.8. The number of primary amides is 1. The van der Waals surface area contributed by atoms with Crippen molar-refractivity contribution in [1.29, 1.82) is 0 Å². The molecule has 7 amide bonds. The van der Waals surface area contributed by atoms with E-state index in [0.717, 1.165) is 17.0 Å². The highest BCUT2D eigenvalue weighted by atomic mass is 32.2. The summed E-state index contributed by atoms with van der Waals surface area (Å²) in [6, 6.07) is 11.8. The number of unbranched alkanes of at least 4 members (excludes halogenated alkanes) is 1. The van der Waals surface area contributed by atoms with Crippen LogP contribution in [0.5, 0.6) is 0 Å². The highest BCUT2D eigenvalue weighted by molar-refractivity contribution is 7.98. The lowest BCUT2D eigenvalue weighted by molar-refractivity contribution is -0.148. The number of hydrogen-bond donors (Lipinski definition) is 5. The molecule has 4 rings (SSSR count). The van der Waals surface area contributed by atoms with Crippen LogP contribution in [-0.2, 0) is 56.0 Å². The highest BCUT2D eigenvalue weighted by Crippen LogP contribution is 2.33. The van der Waals surface area contributed by atoms with Crippen molar-refractivity contribution in [3.8, 4) is 11.8 Å². The number of benzene rings is 1. The second kappa shape index (κ2) is 40.4. The summed E-state index contributed by atoms with van der Waals surface area (Å²) in [5.74, 6) is 1.72. The number of carbonyl (C=O) groups excluding carboxylic acids is 8. The van der Waals surface area contributed by atoms with Crippen LogP contribution in [0.1, 0.15) is 156 Å². The number of rotatable bonds is 40. The van der Waals surface area contributed by atoms with Crippen LogP contribution in [0.15, 0.2) is 78.2 Å². The molecular formula is C72H109N11O10S. The number of ketones is 2. The van der Waals surface area contributed by atoms with Crippen molar-refractivity contribution in [2.24, 2.45) is 53.1 Å². The number of nitrogens with two attached hydrogens (primary N) is 1. The van der Waals surface area contributed by atoms with Crippen LogP contribution in [0.25, 0.3) is 0 Å². The van der Waals surface area contributed by atoms with E-state index in [9.17, 15) is 38.4 Å². The van der Waals surface area contributed by atoms with E-state index in [2.05, 4.69) is 101 Å². The van der Waals surface area contributed by atoms with Gasteiger partial charge in [0.2, 0.25) is 29.5 Å². The molecule has 6 N–H and O–H groups in total. The number of likely N-dealkylation sites (tertiary alicyclic amines) is 1. The Bertz CT molecular complexity index is 3000. The van der Waals surface area contributed by atoms with E-state index in [1.165, 1.54) is 18.1 Å². The van der Waals surface area contributed by atoms with Gasteiger partial charge in [-0.1, -0.05) is 105 Å². The van der Waals surface area contributed by atoms with E-state index in [4.69, 9.17) is 15.2 Å². The highest BCUT2D eigenvalue weighted by Gasteiger charge is 2.44. The van der Waals surface area contributed by atoms with Gasteiger partial charge in [0.25, 0.3) is 0 Å². The molecule has 1 aromatic carbocycles. The molecule has 2 aromatic heterocycles. The lowest BCUT2D eigenvalue weighted by Crippen LogP contribution is -2.54. The molecular weight excluding hydrogens is 1210 g/mol. The fourth-order valence-corrected chi connectivity index (χ4v) is 13.3. The normalized spacial score (nSPS) is 16.3. The standard InChI is InChI=1S/C72H109N11O10S/c1-17-48(8)67(82(13)71(90)57(45(2)3)37-49(9)66(47(6)7)81(11)12)61(92-14)42-64(87)83-36-24-28-58(83)68(93-15)50(10)59(84)40-53(38-55-27-21-22-34-74-55)69(88)76-43-51-30-32-54(33-31-51)79-70(89)52(25-23-35-75-72(73)91)39-60(85)65(46(4)5)80-62(86)29-20-18-19-26-56-41-63(94-16)78-44-77-56/h21-22,27,30-34,41,44-48,50,52-53,57-58,61,65-68H,9,17-18,20,23-25,28-29,35-40,42-43H2,1-8,10-16H3,(H,76,88)(H,79,89)(H,80,86)(H3,73,75,91)/t48-,50-,52+,53+,57-,58-,61+,65-,66-,67-,68+/m0/s1. The molecule has 1 aliphatic rings. The van der Waals surface area contributed by atoms with E-state index in [0.29, 0.717) is 73.6 Å². The van der Waals surface area contributed by atoms with Gasteiger partial charge in [0.15, 0.2) is 5.78 Å². The van der Waals surface area contributed by atoms with Gasteiger partial charge in [-0.2, -0.15) is 0 Å². The van der Waals surface area contributed by atoms with E-state index in [1.54, 1.807) is 63.7 Å². The second-order valence-electron chi connectivity index (χ2n) is 26.4. The molecule has 0 bridgehead atoms. The van der Waals surface area contributed by atoms with Crippen LogP contribution >= 0.6 is 11.8 Å². The fraction of sp³-hybridized carbons (Fsp3) is 0.625. The molecule has 21 nitrogen and oxygen atoms in total. The third-order valence-electron chi connectivity index (χ3n) is 18.2. The monoisotopic (exact) mass is 1320 g/mol. The molecule has 3 aromatic rings. The summed E-state index contributed by atoms with van der Waals surface area (Å²) in [5.41, 5.74) is 8.69. The SMILES string of the molecule is C=C(C[C@H](C(=O)N(C)[C@@H]([C@@H](C)CC)[C@@H](CC(=O)N1CCC[C@H]1[C@H](OC)[C@@H](C)C(=O)C[C@@H](Cc1ccccn1)C(=O)NCc1ccc(NC(=O)[C@H](CCCNC(N)=O)CC(=O)[C@@H](NC(=O)CCCC#Cc2cc(SC)ncn2)C(C)C)cc1)OC)C(C)C)[C@H](C(C)C)N(C)C. The Morgan fingerprint density at radius 1 is 0.819 bits per heavy atom. The molecule has 0 spiro atoms. The number of pyridine rings is 1. The first-order valence-corrected chi connectivity index (χ1v) is 34.6. The Morgan fingerprint density at radius 3 is 2.12 bits per heavy atom. The summed E-state index contributed by atoms with van der Waals surface area (Å²) in [7, 11) is 9.06. The van der Waals surface area contributed by atoms with E-state index in [-0.39, 0.29) is 117 Å². The number of Topliss-reactive ketones (excluding diaryl/α,β-unsaturated/α-hetero) is 2. The van der Waals surface area contributed by atoms with Gasteiger partial charge in [-0.25, -0.2) is 14.8 Å². The van der Waals surface area contributed by atoms with Crippen LogP contribution < -0.4 is 27.0 Å². The van der Waals surface area contributed by atoms with Gasteiger partial charge >= 0.3 is 6.03 Å². The molecule has 1 fully saturated rings. The van der Waals surface area contributed by atoms with Crippen LogP contribution in [-0.4, -0.2) is 168 Å². The van der Waals surface area contributed by atoms with Crippen LogP contribution in [0.3, 0.4) is 0 Å². The smallest absolute Gasteiger partial charge is 0.312 e. The van der Waals surface area contributed by atoms with Gasteiger partial charge in [0.1, 0.15) is 22.8 Å². The van der Waals surface area contributed by atoms with Gasteiger partial charge < -0.3 is 51.2 Å². The number of anilines is 1. The zero-order valence-electron chi connectivity index (χ0n) is 58.6. The average Bonchev–Trinajstić information content (AvgIpc) is 1.41. The maximum atomic E-state index is 14.7. The molecule has 518 valence electrons. The number of hydrogen-bond acceptors (Lipinski definition) is 15. The summed E-state index contributed by atoms with van der Waals surface area (Å²) in [6.45, 7) is 23.3. The number of amides is 7. The second-order valence-corrected chi connectivity index (χ2v) is 27.3. The van der Waals surface area contributed by atoms with E-state index < -0.39 is 60.0 Å². The van der Waals surface area contributed by atoms with Gasteiger partial charge in [-0.15, -0.1) is 11.8 Å². The van der Waals surface area contributed by atoms with Crippen molar-refractivity contribution in [2.75, 3.05) is 60.0 Å². The van der Waals surface area contributed by atoms with Crippen molar-refractivity contribution in [2.45, 2.75) is 194 Å². The number of carbonyl (C=O) groups is 8. The number of thioether (sulfide) groups is 1. The minimum atomic E-state index is -0.847. The molecule has 11 atom stereocenters. The van der Waals surface area contributed by atoms with Crippen molar-refractivity contribution >= 4 is 64.6 Å². The zero-order valence-corrected chi connectivity index (χ0v) is 59.4. The van der Waals surface area contributed by atoms with Gasteiger partial charge in [0.05, 0.1) is 42.7 Å². The quantitative estimate of drug-likeness (QED) is 0.0117. The summed E-state index contributed by atoms with van der Waals surface area (Å²) in [6.07, 6.45) is 7.89. The Balaban J connectivity index is 1.43. The van der Waals surface area contributed by atoms with Crippen LogP contribution in [0.2, 0.25) is 0 Å². The number of nitrogens with zero attached hydrogens (tertiary/aromatic N) is 6.